The lowest BCUT2D eigenvalue weighted by atomic mass is 10.0. The van der Waals surface area contributed by atoms with Crippen molar-refractivity contribution in [3.8, 4) is 16.9 Å². The van der Waals surface area contributed by atoms with Crippen molar-refractivity contribution in [1.29, 1.82) is 0 Å². The molecule has 234 valence electrons. The molecule has 2 heterocycles. The van der Waals surface area contributed by atoms with E-state index < -0.39 is 27.2 Å². The van der Waals surface area contributed by atoms with E-state index in [0.717, 1.165) is 48.6 Å². The monoisotopic (exact) mass is 664 g/mol. The van der Waals surface area contributed by atoms with E-state index in [1.807, 2.05) is 48.5 Å². The quantitative estimate of drug-likeness (QED) is 0.0659. The Morgan fingerprint density at radius 3 is 2.56 bits per heavy atom. The first-order valence-electron chi connectivity index (χ1n) is 14.7. The highest BCUT2D eigenvalue weighted by Gasteiger charge is 2.30. The fourth-order valence-corrected chi connectivity index (χ4v) is 7.56. The van der Waals surface area contributed by atoms with Gasteiger partial charge in [0.1, 0.15) is 4.70 Å². The number of aryl methyl sites for hydroxylation is 1. The summed E-state index contributed by atoms with van der Waals surface area (Å²) in [5, 5.41) is 3.12. The predicted octanol–water partition coefficient (Wildman–Crippen LogP) is 6.47. The molecule has 0 bridgehead atoms. The second kappa shape index (κ2) is 13.8. The van der Waals surface area contributed by atoms with Gasteiger partial charge in [-0.3, -0.25) is 8.74 Å². The van der Waals surface area contributed by atoms with Crippen LogP contribution in [0.2, 0.25) is 0 Å². The van der Waals surface area contributed by atoms with E-state index in [4.69, 9.17) is 13.5 Å². The van der Waals surface area contributed by atoms with E-state index in [-0.39, 0.29) is 13.0 Å². The Kier molecular flexibility index (Phi) is 9.59. The SMILES string of the molecule is O=S(O)OCCCCN1C(=Cc2sc3ccc4ccccc4c3[n+]2CCCCS(=O)(=O)[O-])Oc2ccc(-c3ccccc3)cc21. The summed E-state index contributed by atoms with van der Waals surface area (Å²) >= 11 is -0.673. The maximum absolute atomic E-state index is 11.3. The van der Waals surface area contributed by atoms with Crippen LogP contribution in [0.4, 0.5) is 5.69 Å². The highest BCUT2D eigenvalue weighted by Crippen LogP contribution is 2.42. The number of ether oxygens (including phenoxy) is 1. The first-order chi connectivity index (χ1) is 21.8. The van der Waals surface area contributed by atoms with Crippen molar-refractivity contribution in [2.45, 2.75) is 32.2 Å². The van der Waals surface area contributed by atoms with E-state index in [1.54, 1.807) is 11.3 Å². The molecule has 5 aromatic rings. The van der Waals surface area contributed by atoms with E-state index in [1.165, 1.54) is 0 Å². The fourth-order valence-electron chi connectivity index (χ4n) is 5.61. The summed E-state index contributed by atoms with van der Waals surface area (Å²) in [7, 11) is -4.29. The van der Waals surface area contributed by atoms with Gasteiger partial charge in [0.2, 0.25) is 11.4 Å². The molecule has 45 heavy (non-hydrogen) atoms. The number of fused-ring (bicyclic) bond motifs is 4. The minimum Gasteiger partial charge on any atom is -0.748 e. The van der Waals surface area contributed by atoms with E-state index in [9.17, 15) is 17.2 Å². The van der Waals surface area contributed by atoms with E-state index in [0.29, 0.717) is 38.2 Å². The van der Waals surface area contributed by atoms with Gasteiger partial charge in [0.15, 0.2) is 12.3 Å². The molecule has 9 nitrogen and oxygen atoms in total. The van der Waals surface area contributed by atoms with Crippen LogP contribution in [0.15, 0.2) is 90.8 Å². The second-order valence-electron chi connectivity index (χ2n) is 10.7. The van der Waals surface area contributed by atoms with Gasteiger partial charge >= 0.3 is 11.4 Å². The first kappa shape index (κ1) is 31.3. The molecule has 1 aromatic heterocycles. The Labute approximate surface area is 268 Å². The molecule has 1 atom stereocenters. The Bertz CT molecular complexity index is 1990. The zero-order valence-corrected chi connectivity index (χ0v) is 26.8. The molecule has 1 N–H and O–H groups in total. The van der Waals surface area contributed by atoms with Crippen LogP contribution >= 0.6 is 11.3 Å². The average molecular weight is 665 g/mol. The number of hydrogen-bond acceptors (Lipinski definition) is 8. The third kappa shape index (κ3) is 7.43. The minimum atomic E-state index is -4.29. The van der Waals surface area contributed by atoms with Gasteiger partial charge in [0.05, 0.1) is 33.9 Å². The molecule has 0 aliphatic carbocycles. The second-order valence-corrected chi connectivity index (χ2v) is 14.0. The maximum Gasteiger partial charge on any atom is 0.301 e. The molecular weight excluding hydrogens is 633 g/mol. The van der Waals surface area contributed by atoms with Crippen molar-refractivity contribution in [2.24, 2.45) is 0 Å². The number of benzene rings is 4. The number of hydrogen-bond donors (Lipinski definition) is 1. The molecule has 0 amide bonds. The Morgan fingerprint density at radius 1 is 0.956 bits per heavy atom. The van der Waals surface area contributed by atoms with Crippen LogP contribution < -0.4 is 14.2 Å². The fraction of sp³-hybridized carbons (Fsp3) is 0.242. The average Bonchev–Trinajstić information content (AvgIpc) is 3.55. The van der Waals surface area contributed by atoms with Crippen molar-refractivity contribution < 1.29 is 35.2 Å². The Balaban J connectivity index is 1.39. The molecule has 0 saturated heterocycles. The van der Waals surface area contributed by atoms with E-state index in [2.05, 4.69) is 51.9 Å². The Morgan fingerprint density at radius 2 is 1.76 bits per heavy atom. The Hall–Kier alpha value is -3.65. The molecule has 1 unspecified atom stereocenters. The third-order valence-corrected chi connectivity index (χ3v) is 9.94. The summed E-state index contributed by atoms with van der Waals surface area (Å²) < 4.78 is 68.3. The summed E-state index contributed by atoms with van der Waals surface area (Å²) in [5.74, 6) is 0.983. The summed E-state index contributed by atoms with van der Waals surface area (Å²) in [4.78, 5) is 2.12. The number of nitrogens with zero attached hydrogens (tertiary/aromatic N) is 2. The van der Waals surface area contributed by atoms with E-state index >= 15 is 0 Å². The van der Waals surface area contributed by atoms with Crippen molar-refractivity contribution in [3.05, 3.63) is 95.8 Å². The normalized spacial score (nSPS) is 14.7. The summed E-state index contributed by atoms with van der Waals surface area (Å²) in [6.45, 7) is 1.29. The number of thiazole rings is 1. The van der Waals surface area contributed by atoms with Gasteiger partial charge in [-0.05, 0) is 60.0 Å². The molecular formula is C33H32N2O7S3. The molecule has 0 radical (unpaired) electrons. The smallest absolute Gasteiger partial charge is 0.301 e. The standard InChI is InChI=1S/C33H32N2O7S3/c36-44(37)41-20-8-6-18-34-28-22-26(24-10-2-1-3-11-24)14-16-29(28)42-31(34)23-32-35(19-7-9-21-45(38,39)40)33-27-13-5-4-12-25(27)15-17-30(33)43-32/h1-5,10-17,22-23H,6-9,18-21H2,(H-,36,37,38,39,40). The zero-order valence-electron chi connectivity index (χ0n) is 24.3. The topological polar surface area (TPSA) is 120 Å². The predicted molar refractivity (Wildman–Crippen MR) is 177 cm³/mol. The van der Waals surface area contributed by atoms with Gasteiger partial charge in [-0.2, -0.15) is 8.78 Å². The molecule has 1 aliphatic rings. The number of unbranched alkanes of at least 4 members (excludes halogenated alkanes) is 2. The van der Waals surface area contributed by atoms with Gasteiger partial charge in [-0.25, -0.2) is 8.42 Å². The van der Waals surface area contributed by atoms with Gasteiger partial charge < -0.3 is 14.2 Å². The van der Waals surface area contributed by atoms with Gasteiger partial charge in [-0.15, -0.1) is 0 Å². The van der Waals surface area contributed by atoms with Crippen LogP contribution in [0.5, 0.6) is 5.75 Å². The van der Waals surface area contributed by atoms with Gasteiger partial charge in [0, 0.05) is 18.7 Å². The lowest BCUT2D eigenvalue weighted by molar-refractivity contribution is -0.668. The van der Waals surface area contributed by atoms with Crippen LogP contribution in [0.25, 0.3) is 38.2 Å². The van der Waals surface area contributed by atoms with Crippen LogP contribution in [-0.2, 0) is 32.2 Å². The molecule has 0 spiro atoms. The number of aromatic nitrogens is 1. The van der Waals surface area contributed by atoms with Crippen LogP contribution in [0, 0.1) is 0 Å². The molecule has 0 fully saturated rings. The van der Waals surface area contributed by atoms with Crippen molar-refractivity contribution >= 4 is 65.6 Å². The number of rotatable bonds is 13. The minimum absolute atomic E-state index is 0.163. The largest absolute Gasteiger partial charge is 0.748 e. The van der Waals surface area contributed by atoms with Crippen LogP contribution in [0.1, 0.15) is 30.7 Å². The van der Waals surface area contributed by atoms with Crippen LogP contribution in [-0.4, -0.2) is 40.6 Å². The number of anilines is 1. The summed E-state index contributed by atoms with van der Waals surface area (Å²) in [5.41, 5.74) is 4.12. The summed E-state index contributed by atoms with van der Waals surface area (Å²) in [6, 6.07) is 28.6. The molecule has 6 rings (SSSR count). The third-order valence-electron chi connectivity index (χ3n) is 7.68. The lowest BCUT2D eigenvalue weighted by Crippen LogP contribution is -2.36. The lowest BCUT2D eigenvalue weighted by Gasteiger charge is -2.18. The highest BCUT2D eigenvalue weighted by atomic mass is 32.2. The summed E-state index contributed by atoms with van der Waals surface area (Å²) in [6.07, 6.45) is 4.09. The molecule has 12 heteroatoms. The van der Waals surface area contributed by atoms with Crippen molar-refractivity contribution in [2.75, 3.05) is 23.8 Å². The van der Waals surface area contributed by atoms with Gasteiger partial charge in [-0.1, -0.05) is 72.0 Å². The highest BCUT2D eigenvalue weighted by molar-refractivity contribution is 7.85. The molecule has 1 aliphatic heterocycles. The zero-order chi connectivity index (χ0) is 31.4. The molecule has 0 saturated carbocycles. The van der Waals surface area contributed by atoms with Gasteiger partial charge in [0.25, 0.3) is 5.01 Å². The van der Waals surface area contributed by atoms with Crippen LogP contribution in [0.3, 0.4) is 0 Å². The molecule has 4 aromatic carbocycles. The van der Waals surface area contributed by atoms with Crippen molar-refractivity contribution in [1.82, 2.24) is 0 Å². The van der Waals surface area contributed by atoms with Crippen molar-refractivity contribution in [3.63, 3.8) is 0 Å². The maximum atomic E-state index is 11.3. The first-order valence-corrected chi connectivity index (χ1v) is 18.1.